The van der Waals surface area contributed by atoms with Gasteiger partial charge in [0.15, 0.2) is 0 Å². The number of hydrogen-bond donors (Lipinski definition) is 2. The number of benzene rings is 2. The van der Waals surface area contributed by atoms with Crippen LogP contribution in [0, 0.1) is 6.92 Å². The van der Waals surface area contributed by atoms with Crippen molar-refractivity contribution in [2.45, 2.75) is 71.0 Å². The lowest BCUT2D eigenvalue weighted by Crippen LogP contribution is -2.38. The molecular weight excluding hydrogens is 538 g/mol. The molecule has 0 radical (unpaired) electrons. The second-order valence-corrected chi connectivity index (χ2v) is 11.7. The number of pyridine rings is 1. The van der Waals surface area contributed by atoms with E-state index >= 15 is 0 Å². The maximum atomic E-state index is 13.5. The molecular formula is C35H41N5O3. The summed E-state index contributed by atoms with van der Waals surface area (Å²) >= 11 is 0. The van der Waals surface area contributed by atoms with Crippen molar-refractivity contribution in [2.75, 3.05) is 13.1 Å². The molecule has 43 heavy (non-hydrogen) atoms. The molecule has 2 amide bonds. The zero-order chi connectivity index (χ0) is 30.2. The van der Waals surface area contributed by atoms with Crippen LogP contribution in [0.5, 0.6) is 0 Å². The maximum absolute atomic E-state index is 13.5. The SMILES string of the molecule is Cc1coc([C@H]2CCCN2C(=O)c2cccc(C(=O)N[C@H](CCNCc3cncc(C(C)C)c3)Cc3ccccc3)c2)n1. The van der Waals surface area contributed by atoms with Crippen LogP contribution in [-0.2, 0) is 13.0 Å². The van der Waals surface area contributed by atoms with E-state index in [-0.39, 0.29) is 23.9 Å². The number of carbonyl (C=O) groups excluding carboxylic acids is 2. The second kappa shape index (κ2) is 14.2. The molecule has 1 saturated heterocycles. The highest BCUT2D eigenvalue weighted by atomic mass is 16.3. The molecule has 2 aromatic heterocycles. The number of likely N-dealkylation sites (tertiary alicyclic amines) is 1. The van der Waals surface area contributed by atoms with Crippen molar-refractivity contribution in [3.05, 3.63) is 119 Å². The standard InChI is InChI=1S/C35H41N5O3/c1-24(2)30-17-27(21-37-22-30)20-36-15-14-31(18-26-9-5-4-6-10-26)39-33(41)28-11-7-12-29(19-28)35(42)40-16-8-13-32(40)34-38-25(3)23-43-34/h4-7,9-12,17,19,21-24,31-32,36H,8,13-16,18,20H2,1-3H3,(H,39,41)/t31-,32-/m1/s1. The number of hydrogen-bond acceptors (Lipinski definition) is 6. The van der Waals surface area contributed by atoms with Gasteiger partial charge < -0.3 is 20.0 Å². The quantitative estimate of drug-likeness (QED) is 0.200. The Bertz CT molecular complexity index is 1520. The highest BCUT2D eigenvalue weighted by molar-refractivity contribution is 6.00. The molecule has 2 aromatic carbocycles. The van der Waals surface area contributed by atoms with Crippen molar-refractivity contribution < 1.29 is 14.0 Å². The zero-order valence-corrected chi connectivity index (χ0v) is 25.3. The third-order valence-corrected chi connectivity index (χ3v) is 7.95. The van der Waals surface area contributed by atoms with Crippen LogP contribution in [0.15, 0.2) is 83.7 Å². The Morgan fingerprint density at radius 2 is 1.84 bits per heavy atom. The number of amides is 2. The van der Waals surface area contributed by atoms with Crippen LogP contribution in [0.3, 0.4) is 0 Å². The van der Waals surface area contributed by atoms with Gasteiger partial charge in [0.1, 0.15) is 12.3 Å². The van der Waals surface area contributed by atoms with Gasteiger partial charge in [-0.25, -0.2) is 4.98 Å². The van der Waals surface area contributed by atoms with E-state index in [1.165, 1.54) is 5.56 Å². The topological polar surface area (TPSA) is 100 Å². The molecule has 0 spiro atoms. The molecule has 0 unspecified atom stereocenters. The zero-order valence-electron chi connectivity index (χ0n) is 25.3. The molecule has 0 bridgehead atoms. The number of aromatic nitrogens is 2. The van der Waals surface area contributed by atoms with Crippen LogP contribution < -0.4 is 10.6 Å². The molecule has 0 aliphatic carbocycles. The normalized spacial score (nSPS) is 15.5. The van der Waals surface area contributed by atoms with Crippen molar-refractivity contribution in [3.63, 3.8) is 0 Å². The number of aryl methyl sites for hydroxylation is 1. The number of nitrogens with one attached hydrogen (secondary N) is 2. The summed E-state index contributed by atoms with van der Waals surface area (Å²) in [6, 6.07) is 19.1. The van der Waals surface area contributed by atoms with Crippen molar-refractivity contribution >= 4 is 11.8 Å². The molecule has 1 aliphatic rings. The monoisotopic (exact) mass is 579 g/mol. The molecule has 0 saturated carbocycles. The summed E-state index contributed by atoms with van der Waals surface area (Å²) in [5, 5.41) is 6.75. The molecule has 224 valence electrons. The Hall–Kier alpha value is -4.30. The van der Waals surface area contributed by atoms with Gasteiger partial charge in [0.05, 0.1) is 5.69 Å². The van der Waals surface area contributed by atoms with E-state index in [4.69, 9.17) is 4.42 Å². The summed E-state index contributed by atoms with van der Waals surface area (Å²) in [6.07, 6.45) is 8.58. The molecule has 8 heteroatoms. The van der Waals surface area contributed by atoms with Gasteiger partial charge >= 0.3 is 0 Å². The Balaban J connectivity index is 1.23. The number of oxazole rings is 1. The minimum atomic E-state index is -0.190. The third kappa shape index (κ3) is 7.96. The first-order valence-corrected chi connectivity index (χ1v) is 15.2. The van der Waals surface area contributed by atoms with Crippen LogP contribution >= 0.6 is 0 Å². The lowest BCUT2D eigenvalue weighted by molar-refractivity contribution is 0.0715. The van der Waals surface area contributed by atoms with Gasteiger partial charge in [0, 0.05) is 42.7 Å². The van der Waals surface area contributed by atoms with Crippen molar-refractivity contribution in [1.29, 1.82) is 0 Å². The van der Waals surface area contributed by atoms with E-state index in [0.717, 1.165) is 42.6 Å². The van der Waals surface area contributed by atoms with Gasteiger partial charge in [-0.1, -0.05) is 56.3 Å². The molecule has 8 nitrogen and oxygen atoms in total. The second-order valence-electron chi connectivity index (χ2n) is 11.7. The fourth-order valence-electron chi connectivity index (χ4n) is 5.57. The Morgan fingerprint density at radius 1 is 1.02 bits per heavy atom. The average molecular weight is 580 g/mol. The van der Waals surface area contributed by atoms with Gasteiger partial charge in [0.25, 0.3) is 11.8 Å². The summed E-state index contributed by atoms with van der Waals surface area (Å²) in [4.78, 5) is 37.7. The highest BCUT2D eigenvalue weighted by Crippen LogP contribution is 2.32. The van der Waals surface area contributed by atoms with Crippen LogP contribution in [0.25, 0.3) is 0 Å². The summed E-state index contributed by atoms with van der Waals surface area (Å²) in [5.41, 5.74) is 5.28. The minimum Gasteiger partial charge on any atom is -0.446 e. The van der Waals surface area contributed by atoms with E-state index in [1.54, 1.807) is 35.4 Å². The number of rotatable bonds is 12. The van der Waals surface area contributed by atoms with E-state index < -0.39 is 0 Å². The van der Waals surface area contributed by atoms with Gasteiger partial charge in [-0.05, 0) is 80.0 Å². The van der Waals surface area contributed by atoms with Gasteiger partial charge in [-0.15, -0.1) is 0 Å². The van der Waals surface area contributed by atoms with E-state index in [0.29, 0.717) is 42.4 Å². The van der Waals surface area contributed by atoms with E-state index in [9.17, 15) is 9.59 Å². The van der Waals surface area contributed by atoms with E-state index in [1.807, 2.05) is 37.5 Å². The number of nitrogens with zero attached hydrogens (tertiary/aromatic N) is 3. The van der Waals surface area contributed by atoms with Gasteiger partial charge in [-0.2, -0.15) is 0 Å². The first-order chi connectivity index (χ1) is 20.9. The Morgan fingerprint density at radius 3 is 2.60 bits per heavy atom. The molecule has 2 atom stereocenters. The predicted molar refractivity (Wildman–Crippen MR) is 167 cm³/mol. The minimum absolute atomic E-state index is 0.0851. The van der Waals surface area contributed by atoms with Crippen LogP contribution in [-0.4, -0.2) is 45.8 Å². The fraction of sp³-hybridized carbons (Fsp3) is 0.371. The fourth-order valence-corrected chi connectivity index (χ4v) is 5.57. The van der Waals surface area contributed by atoms with Gasteiger partial charge in [0.2, 0.25) is 5.89 Å². The summed E-state index contributed by atoms with van der Waals surface area (Å²) in [7, 11) is 0. The molecule has 1 fully saturated rings. The summed E-state index contributed by atoms with van der Waals surface area (Å²) in [6.45, 7) is 8.29. The maximum Gasteiger partial charge on any atom is 0.254 e. The van der Waals surface area contributed by atoms with Crippen LogP contribution in [0.2, 0.25) is 0 Å². The van der Waals surface area contributed by atoms with Crippen molar-refractivity contribution in [1.82, 2.24) is 25.5 Å². The Labute approximate surface area is 253 Å². The van der Waals surface area contributed by atoms with Crippen LogP contribution in [0.1, 0.15) is 94.1 Å². The third-order valence-electron chi connectivity index (χ3n) is 7.95. The van der Waals surface area contributed by atoms with Crippen molar-refractivity contribution in [3.8, 4) is 0 Å². The highest BCUT2D eigenvalue weighted by Gasteiger charge is 2.34. The van der Waals surface area contributed by atoms with Crippen LogP contribution in [0.4, 0.5) is 0 Å². The predicted octanol–water partition coefficient (Wildman–Crippen LogP) is 6.00. The Kier molecular flexibility index (Phi) is 10.00. The van der Waals surface area contributed by atoms with Crippen molar-refractivity contribution in [2.24, 2.45) is 0 Å². The molecule has 5 rings (SSSR count). The largest absolute Gasteiger partial charge is 0.446 e. The lowest BCUT2D eigenvalue weighted by atomic mass is 10.0. The summed E-state index contributed by atoms with van der Waals surface area (Å²) < 4.78 is 5.62. The number of carbonyl (C=O) groups is 2. The first-order valence-electron chi connectivity index (χ1n) is 15.2. The molecule has 2 N–H and O–H groups in total. The molecule has 1 aliphatic heterocycles. The average Bonchev–Trinajstić information content (AvgIpc) is 3.68. The summed E-state index contributed by atoms with van der Waals surface area (Å²) in [5.74, 6) is 0.694. The lowest BCUT2D eigenvalue weighted by Gasteiger charge is -2.23. The smallest absolute Gasteiger partial charge is 0.254 e. The van der Waals surface area contributed by atoms with E-state index in [2.05, 4.69) is 52.6 Å². The molecule has 3 heterocycles. The van der Waals surface area contributed by atoms with Gasteiger partial charge in [-0.3, -0.25) is 14.6 Å². The molecule has 4 aromatic rings. The first kappa shape index (κ1) is 30.2.